The molecule has 2 fully saturated rings. The van der Waals surface area contributed by atoms with Crippen LogP contribution in [0.25, 0.3) is 0 Å². The van der Waals surface area contributed by atoms with Crippen molar-refractivity contribution in [1.29, 1.82) is 0 Å². The standard InChI is InChI=1S/C27H31F3N2O4/c1-17-12-20(13-18(2)24(17)35-3)25(34)32-11-10-26(16-32)14-21(15-26)31-23(33)9-6-19-4-7-22(8-5-19)36-27(28,29)30/h4-5,7-8,12-13,21H,6,9-11,14-16H2,1-3H3,(H,31,33). The van der Waals surface area contributed by atoms with Crippen molar-refractivity contribution >= 4 is 11.8 Å². The fourth-order valence-corrected chi connectivity index (χ4v) is 5.52. The maximum Gasteiger partial charge on any atom is 0.573 e. The number of halogens is 3. The van der Waals surface area contributed by atoms with Gasteiger partial charge in [0.05, 0.1) is 7.11 Å². The van der Waals surface area contributed by atoms with Crippen LogP contribution in [0.3, 0.4) is 0 Å². The van der Waals surface area contributed by atoms with Gasteiger partial charge in [0, 0.05) is 31.1 Å². The van der Waals surface area contributed by atoms with E-state index in [-0.39, 0.29) is 35.4 Å². The van der Waals surface area contributed by atoms with Crippen LogP contribution < -0.4 is 14.8 Å². The first-order valence-corrected chi connectivity index (χ1v) is 12.1. The number of hydrogen-bond donors (Lipinski definition) is 1. The predicted molar refractivity (Wildman–Crippen MR) is 128 cm³/mol. The van der Waals surface area contributed by atoms with Crippen molar-refractivity contribution in [2.24, 2.45) is 5.41 Å². The van der Waals surface area contributed by atoms with Crippen LogP contribution in [-0.2, 0) is 11.2 Å². The number of hydrogen-bond acceptors (Lipinski definition) is 4. The molecule has 1 saturated carbocycles. The molecule has 0 atom stereocenters. The number of nitrogens with one attached hydrogen (secondary N) is 1. The van der Waals surface area contributed by atoms with Gasteiger partial charge in [-0.05, 0) is 85.9 Å². The third-order valence-corrected chi connectivity index (χ3v) is 7.16. The number of carbonyl (C=O) groups excluding carboxylic acids is 2. The molecule has 4 rings (SSSR count). The Morgan fingerprint density at radius 1 is 1.11 bits per heavy atom. The molecule has 0 aromatic heterocycles. The van der Waals surface area contributed by atoms with Gasteiger partial charge in [-0.1, -0.05) is 12.1 Å². The third kappa shape index (κ3) is 5.94. The molecule has 1 saturated heterocycles. The van der Waals surface area contributed by atoms with E-state index in [0.29, 0.717) is 25.1 Å². The van der Waals surface area contributed by atoms with Crippen molar-refractivity contribution in [3.05, 3.63) is 58.7 Å². The molecule has 1 aliphatic heterocycles. The van der Waals surface area contributed by atoms with Crippen molar-refractivity contribution in [1.82, 2.24) is 10.2 Å². The topological polar surface area (TPSA) is 67.9 Å². The minimum absolute atomic E-state index is 0.0277. The molecular formula is C27H31F3N2O4. The number of nitrogens with zero attached hydrogens (tertiary/aromatic N) is 1. The first-order valence-electron chi connectivity index (χ1n) is 12.1. The first-order chi connectivity index (χ1) is 17.0. The van der Waals surface area contributed by atoms with Gasteiger partial charge in [0.15, 0.2) is 0 Å². The van der Waals surface area contributed by atoms with Crippen LogP contribution in [0.4, 0.5) is 13.2 Å². The lowest BCUT2D eigenvalue weighted by atomic mass is 9.65. The zero-order valence-electron chi connectivity index (χ0n) is 20.7. The van der Waals surface area contributed by atoms with E-state index < -0.39 is 6.36 Å². The Morgan fingerprint density at radius 2 is 1.75 bits per heavy atom. The van der Waals surface area contributed by atoms with E-state index >= 15 is 0 Å². The number of alkyl halides is 3. The molecule has 1 heterocycles. The summed E-state index contributed by atoms with van der Waals surface area (Å²) in [6.45, 7) is 5.27. The van der Waals surface area contributed by atoms with E-state index in [9.17, 15) is 22.8 Å². The molecule has 194 valence electrons. The summed E-state index contributed by atoms with van der Waals surface area (Å²) >= 11 is 0. The first kappa shape index (κ1) is 25.9. The number of ether oxygens (including phenoxy) is 2. The van der Waals surface area contributed by atoms with Gasteiger partial charge in [0.1, 0.15) is 11.5 Å². The summed E-state index contributed by atoms with van der Waals surface area (Å²) in [5, 5.41) is 3.05. The van der Waals surface area contributed by atoms with E-state index in [2.05, 4.69) is 10.1 Å². The van der Waals surface area contributed by atoms with E-state index in [1.54, 1.807) is 7.11 Å². The highest BCUT2D eigenvalue weighted by Crippen LogP contribution is 2.48. The molecule has 36 heavy (non-hydrogen) atoms. The number of rotatable bonds is 7. The minimum Gasteiger partial charge on any atom is -0.496 e. The average Bonchev–Trinajstić information content (AvgIpc) is 3.22. The molecule has 1 N–H and O–H groups in total. The second-order valence-corrected chi connectivity index (χ2v) is 9.98. The number of amides is 2. The molecule has 9 heteroatoms. The number of carbonyl (C=O) groups is 2. The molecular weight excluding hydrogens is 473 g/mol. The van der Waals surface area contributed by atoms with Crippen LogP contribution in [0.15, 0.2) is 36.4 Å². The van der Waals surface area contributed by atoms with Crippen LogP contribution in [0.5, 0.6) is 11.5 Å². The Bertz CT molecular complexity index is 1100. The maximum absolute atomic E-state index is 13.1. The second kappa shape index (κ2) is 10.0. The van der Waals surface area contributed by atoms with Gasteiger partial charge in [0.25, 0.3) is 5.91 Å². The SMILES string of the molecule is COc1c(C)cc(C(=O)N2CCC3(CC(NC(=O)CCc4ccc(OC(F)(F)F)cc4)C3)C2)cc1C. The van der Waals surface area contributed by atoms with Gasteiger partial charge < -0.3 is 19.7 Å². The Balaban J connectivity index is 1.22. The normalized spacial score (nSPS) is 21.3. The molecule has 1 spiro atoms. The van der Waals surface area contributed by atoms with Crippen molar-refractivity contribution in [2.45, 2.75) is 58.4 Å². The lowest BCUT2D eigenvalue weighted by Crippen LogP contribution is -2.52. The number of aryl methyl sites for hydroxylation is 3. The number of likely N-dealkylation sites (tertiary alicyclic amines) is 1. The summed E-state index contributed by atoms with van der Waals surface area (Å²) in [7, 11) is 1.63. The Hall–Kier alpha value is -3.23. The second-order valence-electron chi connectivity index (χ2n) is 9.98. The number of benzene rings is 2. The zero-order valence-corrected chi connectivity index (χ0v) is 20.7. The predicted octanol–water partition coefficient (Wildman–Crippen LogP) is 4.95. The van der Waals surface area contributed by atoms with E-state index in [1.807, 2.05) is 30.9 Å². The van der Waals surface area contributed by atoms with E-state index in [0.717, 1.165) is 41.7 Å². The van der Waals surface area contributed by atoms with Crippen molar-refractivity contribution in [3.8, 4) is 11.5 Å². The molecule has 6 nitrogen and oxygen atoms in total. The van der Waals surface area contributed by atoms with Crippen LogP contribution in [-0.4, -0.2) is 49.3 Å². The lowest BCUT2D eigenvalue weighted by molar-refractivity contribution is -0.274. The summed E-state index contributed by atoms with van der Waals surface area (Å²) in [4.78, 5) is 27.4. The molecule has 1 aliphatic carbocycles. The van der Waals surface area contributed by atoms with Gasteiger partial charge in [-0.15, -0.1) is 13.2 Å². The summed E-state index contributed by atoms with van der Waals surface area (Å²) < 4.78 is 46.0. The summed E-state index contributed by atoms with van der Waals surface area (Å²) in [6.07, 6.45) is -1.44. The van der Waals surface area contributed by atoms with E-state index in [4.69, 9.17) is 4.74 Å². The van der Waals surface area contributed by atoms with Gasteiger partial charge in [-0.2, -0.15) is 0 Å². The molecule has 2 amide bonds. The van der Waals surface area contributed by atoms with Crippen LogP contribution >= 0.6 is 0 Å². The summed E-state index contributed by atoms with van der Waals surface area (Å²) in [6, 6.07) is 9.39. The molecule has 2 aromatic rings. The highest BCUT2D eigenvalue weighted by atomic mass is 19.4. The fourth-order valence-electron chi connectivity index (χ4n) is 5.52. The molecule has 2 aliphatic rings. The van der Waals surface area contributed by atoms with Crippen LogP contribution in [0.2, 0.25) is 0 Å². The van der Waals surface area contributed by atoms with Crippen LogP contribution in [0.1, 0.15) is 52.7 Å². The minimum atomic E-state index is -4.72. The molecule has 0 bridgehead atoms. The Labute approximate surface area is 208 Å². The molecule has 2 aromatic carbocycles. The largest absolute Gasteiger partial charge is 0.573 e. The van der Waals surface area contributed by atoms with Gasteiger partial charge >= 0.3 is 6.36 Å². The number of methoxy groups -OCH3 is 1. The molecule has 0 unspecified atom stereocenters. The summed E-state index contributed by atoms with van der Waals surface area (Å²) in [5.74, 6) is 0.465. The van der Waals surface area contributed by atoms with Gasteiger partial charge in [-0.3, -0.25) is 9.59 Å². The monoisotopic (exact) mass is 504 g/mol. The average molecular weight is 505 g/mol. The Morgan fingerprint density at radius 3 is 2.33 bits per heavy atom. The van der Waals surface area contributed by atoms with Crippen molar-refractivity contribution < 1.29 is 32.2 Å². The smallest absolute Gasteiger partial charge is 0.496 e. The van der Waals surface area contributed by atoms with E-state index in [1.165, 1.54) is 24.3 Å². The molecule has 0 radical (unpaired) electrons. The fraction of sp³-hybridized carbons (Fsp3) is 0.481. The zero-order chi connectivity index (χ0) is 26.1. The van der Waals surface area contributed by atoms with Gasteiger partial charge in [-0.25, -0.2) is 0 Å². The maximum atomic E-state index is 13.1. The van der Waals surface area contributed by atoms with Gasteiger partial charge in [0.2, 0.25) is 5.91 Å². The summed E-state index contributed by atoms with van der Waals surface area (Å²) in [5.41, 5.74) is 3.36. The quantitative estimate of drug-likeness (QED) is 0.579. The lowest BCUT2D eigenvalue weighted by Gasteiger charge is -2.45. The highest BCUT2D eigenvalue weighted by Gasteiger charge is 2.49. The Kier molecular flexibility index (Phi) is 7.20. The van der Waals surface area contributed by atoms with Crippen molar-refractivity contribution in [2.75, 3.05) is 20.2 Å². The third-order valence-electron chi connectivity index (χ3n) is 7.16. The van der Waals surface area contributed by atoms with Crippen LogP contribution in [0, 0.1) is 19.3 Å². The highest BCUT2D eigenvalue weighted by molar-refractivity contribution is 5.95. The van der Waals surface area contributed by atoms with Crippen molar-refractivity contribution in [3.63, 3.8) is 0 Å².